The SMILES string of the molecule is O=C(O)N1C[C@H](O)C[C@@H]1c1cc(F)ccc1F. The molecular formula is C11H11F2NO3. The van der Waals surface area contributed by atoms with Gasteiger partial charge in [-0.25, -0.2) is 13.6 Å². The van der Waals surface area contributed by atoms with Gasteiger partial charge in [-0.05, 0) is 24.6 Å². The Balaban J connectivity index is 2.37. The van der Waals surface area contributed by atoms with Crippen LogP contribution in [0.3, 0.4) is 0 Å². The molecule has 1 heterocycles. The van der Waals surface area contributed by atoms with Crippen LogP contribution in [-0.2, 0) is 0 Å². The van der Waals surface area contributed by atoms with E-state index in [0.717, 1.165) is 23.1 Å². The molecule has 0 aromatic heterocycles. The summed E-state index contributed by atoms with van der Waals surface area (Å²) >= 11 is 0. The van der Waals surface area contributed by atoms with Gasteiger partial charge in [-0.1, -0.05) is 0 Å². The maximum Gasteiger partial charge on any atom is 0.407 e. The monoisotopic (exact) mass is 243 g/mol. The molecule has 0 spiro atoms. The third-order valence-corrected chi connectivity index (χ3v) is 2.84. The number of nitrogens with zero attached hydrogens (tertiary/aromatic N) is 1. The zero-order valence-corrected chi connectivity index (χ0v) is 8.81. The second-order valence-electron chi connectivity index (χ2n) is 4.01. The van der Waals surface area contributed by atoms with Crippen LogP contribution in [0.1, 0.15) is 18.0 Å². The number of rotatable bonds is 1. The Hall–Kier alpha value is -1.69. The largest absolute Gasteiger partial charge is 0.465 e. The van der Waals surface area contributed by atoms with Crippen LogP contribution in [0.4, 0.5) is 13.6 Å². The van der Waals surface area contributed by atoms with Crippen molar-refractivity contribution in [2.75, 3.05) is 6.54 Å². The van der Waals surface area contributed by atoms with E-state index >= 15 is 0 Å². The molecule has 0 saturated carbocycles. The van der Waals surface area contributed by atoms with Crippen molar-refractivity contribution >= 4 is 6.09 Å². The Kier molecular flexibility index (Phi) is 2.97. The number of benzene rings is 1. The average Bonchev–Trinajstić information content (AvgIpc) is 2.64. The number of aliphatic hydroxyl groups is 1. The highest BCUT2D eigenvalue weighted by atomic mass is 19.1. The molecule has 1 saturated heterocycles. The average molecular weight is 243 g/mol. The van der Waals surface area contributed by atoms with Gasteiger partial charge in [0.1, 0.15) is 11.6 Å². The molecule has 1 aromatic carbocycles. The van der Waals surface area contributed by atoms with E-state index in [1.807, 2.05) is 0 Å². The van der Waals surface area contributed by atoms with Crippen LogP contribution in [-0.4, -0.2) is 33.9 Å². The van der Waals surface area contributed by atoms with Crippen molar-refractivity contribution < 1.29 is 23.8 Å². The highest BCUT2D eigenvalue weighted by molar-refractivity contribution is 5.66. The van der Waals surface area contributed by atoms with Crippen molar-refractivity contribution in [1.82, 2.24) is 4.90 Å². The van der Waals surface area contributed by atoms with Gasteiger partial charge in [0, 0.05) is 5.56 Å². The quantitative estimate of drug-likeness (QED) is 0.790. The number of aliphatic hydroxyl groups excluding tert-OH is 1. The van der Waals surface area contributed by atoms with Gasteiger partial charge in [-0.3, -0.25) is 4.90 Å². The van der Waals surface area contributed by atoms with Gasteiger partial charge in [0.15, 0.2) is 0 Å². The Morgan fingerprint density at radius 1 is 1.41 bits per heavy atom. The van der Waals surface area contributed by atoms with Crippen molar-refractivity contribution in [2.45, 2.75) is 18.6 Å². The number of carbonyl (C=O) groups is 1. The Bertz CT molecular complexity index is 452. The van der Waals surface area contributed by atoms with Gasteiger partial charge in [-0.15, -0.1) is 0 Å². The van der Waals surface area contributed by atoms with Gasteiger partial charge in [0.05, 0.1) is 18.7 Å². The molecule has 1 aliphatic heterocycles. The third kappa shape index (κ3) is 2.21. The Morgan fingerprint density at radius 2 is 2.12 bits per heavy atom. The highest BCUT2D eigenvalue weighted by Crippen LogP contribution is 2.33. The molecular weight excluding hydrogens is 232 g/mol. The van der Waals surface area contributed by atoms with E-state index in [4.69, 9.17) is 5.11 Å². The van der Waals surface area contributed by atoms with Crippen LogP contribution < -0.4 is 0 Å². The maximum atomic E-state index is 13.5. The fourth-order valence-electron chi connectivity index (χ4n) is 2.09. The van der Waals surface area contributed by atoms with Gasteiger partial charge in [-0.2, -0.15) is 0 Å². The summed E-state index contributed by atoms with van der Waals surface area (Å²) in [5, 5.41) is 18.3. The van der Waals surface area contributed by atoms with Gasteiger partial charge >= 0.3 is 6.09 Å². The number of halogens is 2. The number of hydrogen-bond acceptors (Lipinski definition) is 2. The molecule has 1 amide bonds. The molecule has 2 atom stereocenters. The van der Waals surface area contributed by atoms with Gasteiger partial charge in [0.2, 0.25) is 0 Å². The first-order valence-electron chi connectivity index (χ1n) is 5.11. The van der Waals surface area contributed by atoms with Crippen LogP contribution in [0.25, 0.3) is 0 Å². The first kappa shape index (κ1) is 11.8. The zero-order valence-electron chi connectivity index (χ0n) is 8.81. The van der Waals surface area contributed by atoms with E-state index in [1.54, 1.807) is 0 Å². The molecule has 92 valence electrons. The topological polar surface area (TPSA) is 60.8 Å². The summed E-state index contributed by atoms with van der Waals surface area (Å²) in [6.07, 6.45) is -2.03. The van der Waals surface area contributed by atoms with E-state index < -0.39 is 29.9 Å². The predicted octanol–water partition coefficient (Wildman–Crippen LogP) is 1.75. The Labute approximate surface area is 96.1 Å². The second-order valence-corrected chi connectivity index (χ2v) is 4.01. The van der Waals surface area contributed by atoms with Crippen molar-refractivity contribution in [3.8, 4) is 0 Å². The molecule has 2 rings (SSSR count). The Morgan fingerprint density at radius 3 is 2.76 bits per heavy atom. The number of amides is 1. The van der Waals surface area contributed by atoms with E-state index in [1.165, 1.54) is 0 Å². The zero-order chi connectivity index (χ0) is 12.6. The molecule has 6 heteroatoms. The first-order chi connectivity index (χ1) is 7.99. The van der Waals surface area contributed by atoms with Crippen molar-refractivity contribution in [3.05, 3.63) is 35.4 Å². The van der Waals surface area contributed by atoms with Crippen molar-refractivity contribution in [3.63, 3.8) is 0 Å². The minimum absolute atomic E-state index is 0.0380. The smallest absolute Gasteiger partial charge is 0.407 e. The van der Waals surface area contributed by atoms with Crippen LogP contribution >= 0.6 is 0 Å². The standard InChI is InChI=1S/C11H11F2NO3/c12-6-1-2-9(13)8(3-6)10-4-7(15)5-14(10)11(16)17/h1-3,7,10,15H,4-5H2,(H,16,17)/t7-,10-/m1/s1. The molecule has 0 aliphatic carbocycles. The van der Waals surface area contributed by atoms with E-state index in [0.29, 0.717) is 0 Å². The fourth-order valence-corrected chi connectivity index (χ4v) is 2.09. The van der Waals surface area contributed by atoms with E-state index in [2.05, 4.69) is 0 Å². The minimum Gasteiger partial charge on any atom is -0.465 e. The lowest BCUT2D eigenvalue weighted by Crippen LogP contribution is -2.30. The number of likely N-dealkylation sites (tertiary alicyclic amines) is 1. The van der Waals surface area contributed by atoms with Crippen molar-refractivity contribution in [2.24, 2.45) is 0 Å². The lowest BCUT2D eigenvalue weighted by Gasteiger charge is -2.21. The van der Waals surface area contributed by atoms with Crippen LogP contribution in [0.15, 0.2) is 18.2 Å². The number of carboxylic acid groups (broad SMARTS) is 1. The van der Waals surface area contributed by atoms with Crippen LogP contribution in [0.2, 0.25) is 0 Å². The summed E-state index contributed by atoms with van der Waals surface area (Å²) in [7, 11) is 0. The maximum absolute atomic E-state index is 13.5. The van der Waals surface area contributed by atoms with Gasteiger partial charge in [0.25, 0.3) is 0 Å². The summed E-state index contributed by atoms with van der Waals surface area (Å²) in [6.45, 7) is -0.0873. The predicted molar refractivity (Wildman–Crippen MR) is 54.5 cm³/mol. The molecule has 0 radical (unpaired) electrons. The molecule has 0 unspecified atom stereocenters. The summed E-state index contributed by atoms with van der Waals surface area (Å²) in [6, 6.07) is 2.05. The molecule has 17 heavy (non-hydrogen) atoms. The van der Waals surface area contributed by atoms with Crippen molar-refractivity contribution in [1.29, 1.82) is 0 Å². The second kappa shape index (κ2) is 4.29. The summed E-state index contributed by atoms with van der Waals surface area (Å²) in [5.74, 6) is -1.30. The summed E-state index contributed by atoms with van der Waals surface area (Å²) < 4.78 is 26.5. The summed E-state index contributed by atoms with van der Waals surface area (Å²) in [4.78, 5) is 11.8. The molecule has 1 aliphatic rings. The molecule has 1 aromatic rings. The molecule has 0 bridgehead atoms. The highest BCUT2D eigenvalue weighted by Gasteiger charge is 2.36. The number of β-amino-alcohol motifs (C(OH)–C–C–N with tert-alkyl or cyclic N) is 1. The molecule has 4 nitrogen and oxygen atoms in total. The molecule has 1 fully saturated rings. The third-order valence-electron chi connectivity index (χ3n) is 2.84. The van der Waals surface area contributed by atoms with E-state index in [-0.39, 0.29) is 18.5 Å². The first-order valence-corrected chi connectivity index (χ1v) is 5.11. The lowest BCUT2D eigenvalue weighted by molar-refractivity contribution is 0.131. The van der Waals surface area contributed by atoms with Crippen LogP contribution in [0.5, 0.6) is 0 Å². The minimum atomic E-state index is -1.25. The van der Waals surface area contributed by atoms with Gasteiger partial charge < -0.3 is 10.2 Å². The number of hydrogen-bond donors (Lipinski definition) is 2. The molecule has 2 N–H and O–H groups in total. The summed E-state index contributed by atoms with van der Waals surface area (Å²) in [5.41, 5.74) is -0.0380. The normalized spacial score (nSPS) is 24.1. The fraction of sp³-hybridized carbons (Fsp3) is 0.364. The van der Waals surface area contributed by atoms with E-state index in [9.17, 15) is 18.7 Å². The lowest BCUT2D eigenvalue weighted by atomic mass is 10.0. The van der Waals surface area contributed by atoms with Crippen LogP contribution in [0, 0.1) is 11.6 Å².